The van der Waals surface area contributed by atoms with Gasteiger partial charge in [0.2, 0.25) is 0 Å². The number of rotatable bonds is 4. The minimum Gasteiger partial charge on any atom is -0.240 e. The number of allylic oxidation sites excluding steroid dienone is 3. The summed E-state index contributed by atoms with van der Waals surface area (Å²) in [7, 11) is -3.79. The molecule has 0 saturated heterocycles. The Hall–Kier alpha value is -2.34. The zero-order valence-corrected chi connectivity index (χ0v) is 17.9. The normalized spacial score (nSPS) is 17.5. The first-order valence-corrected chi connectivity index (χ1v) is 11.4. The largest absolute Gasteiger partial charge is 0.268 e. The molecule has 1 aliphatic heterocycles. The van der Waals surface area contributed by atoms with Crippen molar-refractivity contribution in [1.82, 2.24) is 3.97 Å². The van der Waals surface area contributed by atoms with E-state index in [9.17, 15) is 8.42 Å². The van der Waals surface area contributed by atoms with Gasteiger partial charge in [0.15, 0.2) is 0 Å². The fourth-order valence-electron chi connectivity index (χ4n) is 3.36. The lowest BCUT2D eigenvalue weighted by Gasteiger charge is -2.07. The van der Waals surface area contributed by atoms with Gasteiger partial charge in [0.25, 0.3) is 10.0 Å². The van der Waals surface area contributed by atoms with Crippen LogP contribution in [-0.4, -0.2) is 18.1 Å². The molecule has 29 heavy (non-hydrogen) atoms. The van der Waals surface area contributed by atoms with Gasteiger partial charge in [-0.25, -0.2) is 17.4 Å². The van der Waals surface area contributed by atoms with E-state index in [2.05, 4.69) is 4.99 Å². The number of hydrogen-bond donors (Lipinski definition) is 0. The Morgan fingerprint density at radius 1 is 1.00 bits per heavy atom. The highest BCUT2D eigenvalue weighted by Crippen LogP contribution is 2.32. The number of hydrogen-bond acceptors (Lipinski definition) is 3. The second kappa shape index (κ2) is 7.82. The van der Waals surface area contributed by atoms with Crippen LogP contribution >= 0.6 is 23.2 Å². The van der Waals surface area contributed by atoms with Crippen LogP contribution in [0, 0.1) is 5.92 Å². The quantitative estimate of drug-likeness (QED) is 0.469. The van der Waals surface area contributed by atoms with Crippen LogP contribution in [0.5, 0.6) is 0 Å². The fraction of sp³-hybridized carbons (Fsp3) is 0.136. The molecule has 0 saturated carbocycles. The number of aliphatic imine (C=N–C) groups is 1. The Labute approximate surface area is 179 Å². The monoisotopic (exact) mass is 444 g/mol. The third-order valence-electron chi connectivity index (χ3n) is 4.86. The molecule has 0 amide bonds. The summed E-state index contributed by atoms with van der Waals surface area (Å²) in [4.78, 5) is 4.69. The summed E-state index contributed by atoms with van der Waals surface area (Å²) >= 11 is 12.9. The number of benzene rings is 2. The summed E-state index contributed by atoms with van der Waals surface area (Å²) in [5.74, 6) is 0.0673. The summed E-state index contributed by atoms with van der Waals surface area (Å²) in [5, 5.41) is 1.52. The van der Waals surface area contributed by atoms with Crippen molar-refractivity contribution in [2.75, 3.05) is 0 Å². The molecule has 1 unspecified atom stereocenters. The van der Waals surface area contributed by atoms with Crippen molar-refractivity contribution in [3.8, 4) is 0 Å². The minimum atomic E-state index is -3.79. The van der Waals surface area contributed by atoms with E-state index < -0.39 is 10.0 Å². The molecule has 1 aliphatic rings. The molecule has 0 aliphatic carbocycles. The third kappa shape index (κ3) is 3.66. The zero-order valence-electron chi connectivity index (χ0n) is 15.6. The molecule has 2 heterocycles. The van der Waals surface area contributed by atoms with Crippen molar-refractivity contribution in [1.29, 1.82) is 0 Å². The molecule has 0 bridgehead atoms. The van der Waals surface area contributed by atoms with Crippen LogP contribution in [0.25, 0.3) is 10.9 Å². The number of nitrogens with zero attached hydrogens (tertiary/aromatic N) is 2. The summed E-state index contributed by atoms with van der Waals surface area (Å²) in [6, 6.07) is 15.6. The average Bonchev–Trinajstić information content (AvgIpc) is 3.05. The van der Waals surface area contributed by atoms with E-state index >= 15 is 0 Å². The zero-order chi connectivity index (χ0) is 20.6. The SMILES string of the molecule is CCC1C=C(Cl)N=C(c2cn(S(=O)(=O)c3ccccc3)c3ccccc23)C(Cl)=C1. The lowest BCUT2D eigenvalue weighted by atomic mass is 10.0. The highest BCUT2D eigenvalue weighted by molar-refractivity contribution is 7.90. The molecule has 1 aromatic heterocycles. The molecule has 4 rings (SSSR count). The molecule has 2 aromatic carbocycles. The molecule has 7 heteroatoms. The van der Waals surface area contributed by atoms with Crippen molar-refractivity contribution < 1.29 is 8.42 Å². The molecule has 4 nitrogen and oxygen atoms in total. The molecule has 148 valence electrons. The second-order valence-electron chi connectivity index (χ2n) is 6.71. The predicted octanol–water partition coefficient (Wildman–Crippen LogP) is 5.91. The van der Waals surface area contributed by atoms with Gasteiger partial charge in [0.1, 0.15) is 5.16 Å². The highest BCUT2D eigenvalue weighted by Gasteiger charge is 2.24. The topological polar surface area (TPSA) is 51.4 Å². The number of halogens is 2. The first-order chi connectivity index (χ1) is 13.9. The predicted molar refractivity (Wildman–Crippen MR) is 119 cm³/mol. The first kappa shape index (κ1) is 20.0. The number of fused-ring (bicyclic) bond motifs is 1. The van der Waals surface area contributed by atoms with Gasteiger partial charge in [-0.3, -0.25) is 0 Å². The molecule has 0 spiro atoms. The molecular formula is C22H18Cl2N2O2S. The molecular weight excluding hydrogens is 427 g/mol. The van der Waals surface area contributed by atoms with Crippen LogP contribution in [0.3, 0.4) is 0 Å². The maximum absolute atomic E-state index is 13.3. The molecule has 0 radical (unpaired) electrons. The first-order valence-electron chi connectivity index (χ1n) is 9.16. The lowest BCUT2D eigenvalue weighted by molar-refractivity contribution is 0.589. The third-order valence-corrected chi connectivity index (χ3v) is 7.06. The van der Waals surface area contributed by atoms with Crippen LogP contribution < -0.4 is 0 Å². The minimum absolute atomic E-state index is 0.0673. The van der Waals surface area contributed by atoms with Gasteiger partial charge >= 0.3 is 0 Å². The van der Waals surface area contributed by atoms with Crippen molar-refractivity contribution in [3.05, 3.63) is 88.7 Å². The summed E-state index contributed by atoms with van der Waals surface area (Å²) in [5.41, 5.74) is 1.63. The molecule has 0 fully saturated rings. The van der Waals surface area contributed by atoms with Crippen molar-refractivity contribution in [2.45, 2.75) is 18.2 Å². The van der Waals surface area contributed by atoms with E-state index in [1.165, 1.54) is 3.97 Å². The van der Waals surface area contributed by atoms with Gasteiger partial charge in [-0.05, 0) is 36.6 Å². The van der Waals surface area contributed by atoms with Gasteiger partial charge in [-0.1, -0.05) is 72.6 Å². The molecule has 1 atom stereocenters. The van der Waals surface area contributed by atoms with Crippen LogP contribution in [0.1, 0.15) is 18.9 Å². The summed E-state index contributed by atoms with van der Waals surface area (Å²) < 4.78 is 27.9. The van der Waals surface area contributed by atoms with E-state index in [4.69, 9.17) is 23.2 Å². The maximum atomic E-state index is 13.3. The van der Waals surface area contributed by atoms with E-state index in [-0.39, 0.29) is 10.8 Å². The Morgan fingerprint density at radius 2 is 1.69 bits per heavy atom. The van der Waals surface area contributed by atoms with Crippen LogP contribution in [0.15, 0.2) is 93.0 Å². The van der Waals surface area contributed by atoms with E-state index in [0.717, 1.165) is 11.8 Å². The van der Waals surface area contributed by atoms with Crippen LogP contribution in [-0.2, 0) is 10.0 Å². The van der Waals surface area contributed by atoms with Gasteiger partial charge in [0.05, 0.1) is 21.2 Å². The molecule has 3 aromatic rings. The summed E-state index contributed by atoms with van der Waals surface area (Å²) in [6.07, 6.45) is 6.14. The van der Waals surface area contributed by atoms with Gasteiger partial charge in [-0.15, -0.1) is 0 Å². The van der Waals surface area contributed by atoms with E-state index in [0.29, 0.717) is 27.0 Å². The Bertz CT molecular complexity index is 1270. The van der Waals surface area contributed by atoms with Crippen molar-refractivity contribution in [3.63, 3.8) is 0 Å². The molecule has 0 N–H and O–H groups in total. The lowest BCUT2D eigenvalue weighted by Crippen LogP contribution is -2.12. The Kier molecular flexibility index (Phi) is 5.38. The van der Waals surface area contributed by atoms with Crippen molar-refractivity contribution >= 4 is 49.8 Å². The number of aromatic nitrogens is 1. The smallest absolute Gasteiger partial charge is 0.240 e. The average molecular weight is 445 g/mol. The maximum Gasteiger partial charge on any atom is 0.268 e. The second-order valence-corrected chi connectivity index (χ2v) is 9.32. The number of para-hydroxylation sites is 1. The Balaban J connectivity index is 1.96. The highest BCUT2D eigenvalue weighted by atomic mass is 35.5. The van der Waals surface area contributed by atoms with Crippen molar-refractivity contribution in [2.24, 2.45) is 10.9 Å². The van der Waals surface area contributed by atoms with E-state index in [1.807, 2.05) is 31.2 Å². The Morgan fingerprint density at radius 3 is 2.41 bits per heavy atom. The standard InChI is InChI=1S/C22H18Cl2N2O2S/c1-2-15-12-19(23)22(25-21(24)13-15)18-14-26(20-11-7-6-10-17(18)20)29(27,28)16-8-4-3-5-9-16/h3-15H,2H2,1H3. The fourth-order valence-corrected chi connectivity index (χ4v) is 5.30. The summed E-state index contributed by atoms with van der Waals surface area (Å²) in [6.45, 7) is 2.04. The van der Waals surface area contributed by atoms with Gasteiger partial charge in [0, 0.05) is 17.1 Å². The van der Waals surface area contributed by atoms with Crippen LogP contribution in [0.2, 0.25) is 0 Å². The van der Waals surface area contributed by atoms with Crippen LogP contribution in [0.4, 0.5) is 0 Å². The van der Waals surface area contributed by atoms with Gasteiger partial charge in [-0.2, -0.15) is 0 Å². The van der Waals surface area contributed by atoms with Gasteiger partial charge < -0.3 is 0 Å². The van der Waals surface area contributed by atoms with E-state index in [1.54, 1.807) is 48.7 Å².